The Labute approximate surface area is 73.8 Å². The molecule has 0 aromatic carbocycles. The number of rotatable bonds is 6. The summed E-state index contributed by atoms with van der Waals surface area (Å²) in [6, 6.07) is 0. The Morgan fingerprint density at radius 1 is 1.50 bits per heavy atom. The zero-order valence-electron chi connectivity index (χ0n) is 8.02. The molecule has 0 unspecified atom stereocenters. The highest BCUT2D eigenvalue weighted by molar-refractivity contribution is 5.87. The van der Waals surface area contributed by atoms with E-state index in [1.165, 1.54) is 0 Å². The number of hydrogen-bond donors (Lipinski definition) is 1. The van der Waals surface area contributed by atoms with Gasteiger partial charge < -0.3 is 10.1 Å². The molecule has 0 amide bonds. The number of carbonyl (C=O) groups is 1. The van der Waals surface area contributed by atoms with Crippen molar-refractivity contribution >= 4 is 5.78 Å². The Hall–Kier alpha value is -0.830. The SMILES string of the molecule is COCCCNC(C)=CC(C)=O. The smallest absolute Gasteiger partial charge is 0.154 e. The first kappa shape index (κ1) is 11.2. The summed E-state index contributed by atoms with van der Waals surface area (Å²) in [5.74, 6) is 0.0757. The number of carbonyl (C=O) groups excluding carboxylic acids is 1. The van der Waals surface area contributed by atoms with E-state index in [2.05, 4.69) is 5.32 Å². The van der Waals surface area contributed by atoms with Crippen LogP contribution in [-0.4, -0.2) is 26.0 Å². The molecule has 0 aliphatic heterocycles. The first-order valence-electron chi connectivity index (χ1n) is 4.08. The van der Waals surface area contributed by atoms with E-state index in [9.17, 15) is 4.79 Å². The summed E-state index contributed by atoms with van der Waals surface area (Å²) in [5, 5.41) is 3.11. The molecule has 0 aliphatic carbocycles. The quantitative estimate of drug-likeness (QED) is 0.480. The summed E-state index contributed by atoms with van der Waals surface area (Å²) < 4.78 is 4.88. The standard InChI is InChI=1S/C9H17NO2/c1-8(7-9(2)11)10-5-4-6-12-3/h7,10H,4-6H2,1-3H3. The van der Waals surface area contributed by atoms with Crippen LogP contribution >= 0.6 is 0 Å². The molecule has 70 valence electrons. The first-order valence-corrected chi connectivity index (χ1v) is 4.08. The van der Waals surface area contributed by atoms with E-state index in [-0.39, 0.29) is 5.78 Å². The van der Waals surface area contributed by atoms with Gasteiger partial charge in [-0.2, -0.15) is 0 Å². The number of ketones is 1. The number of allylic oxidation sites excluding steroid dienone is 2. The third kappa shape index (κ3) is 7.28. The minimum absolute atomic E-state index is 0.0757. The van der Waals surface area contributed by atoms with Crippen LogP contribution in [0.4, 0.5) is 0 Å². The molecule has 0 saturated heterocycles. The summed E-state index contributed by atoms with van der Waals surface area (Å²) in [5.41, 5.74) is 0.915. The number of hydrogen-bond acceptors (Lipinski definition) is 3. The largest absolute Gasteiger partial charge is 0.388 e. The van der Waals surface area contributed by atoms with Gasteiger partial charge in [0.25, 0.3) is 0 Å². The number of methoxy groups -OCH3 is 1. The minimum atomic E-state index is 0.0757. The van der Waals surface area contributed by atoms with Gasteiger partial charge in [0.1, 0.15) is 0 Å². The van der Waals surface area contributed by atoms with Gasteiger partial charge in [0.15, 0.2) is 5.78 Å². The molecule has 0 aromatic rings. The molecule has 0 bridgehead atoms. The third-order valence-corrected chi connectivity index (χ3v) is 1.35. The highest BCUT2D eigenvalue weighted by Crippen LogP contribution is 1.87. The second-order valence-electron chi connectivity index (χ2n) is 2.71. The third-order valence-electron chi connectivity index (χ3n) is 1.35. The van der Waals surface area contributed by atoms with Crippen LogP contribution in [-0.2, 0) is 9.53 Å². The van der Waals surface area contributed by atoms with E-state index in [0.717, 1.165) is 25.3 Å². The molecule has 0 heterocycles. The zero-order valence-corrected chi connectivity index (χ0v) is 8.02. The molecule has 0 saturated carbocycles. The van der Waals surface area contributed by atoms with Gasteiger partial charge in [-0.15, -0.1) is 0 Å². The predicted octanol–water partition coefficient (Wildman–Crippen LogP) is 1.11. The average molecular weight is 171 g/mol. The highest BCUT2D eigenvalue weighted by atomic mass is 16.5. The van der Waals surface area contributed by atoms with Gasteiger partial charge in [-0.1, -0.05) is 0 Å². The lowest BCUT2D eigenvalue weighted by molar-refractivity contribution is -0.112. The Morgan fingerprint density at radius 3 is 2.67 bits per heavy atom. The first-order chi connectivity index (χ1) is 5.66. The van der Waals surface area contributed by atoms with Crippen molar-refractivity contribution in [2.75, 3.05) is 20.3 Å². The van der Waals surface area contributed by atoms with Crippen molar-refractivity contribution in [1.29, 1.82) is 0 Å². The zero-order chi connectivity index (χ0) is 9.40. The van der Waals surface area contributed by atoms with Crippen LogP contribution in [0.25, 0.3) is 0 Å². The molecular formula is C9H17NO2. The van der Waals surface area contributed by atoms with Crippen molar-refractivity contribution in [1.82, 2.24) is 5.32 Å². The highest BCUT2D eigenvalue weighted by Gasteiger charge is 1.90. The van der Waals surface area contributed by atoms with Crippen LogP contribution < -0.4 is 5.32 Å². The Kier molecular flexibility index (Phi) is 6.38. The molecule has 0 aromatic heterocycles. The molecule has 0 fully saturated rings. The van der Waals surface area contributed by atoms with Crippen molar-refractivity contribution in [3.8, 4) is 0 Å². The van der Waals surface area contributed by atoms with Crippen molar-refractivity contribution in [3.63, 3.8) is 0 Å². The van der Waals surface area contributed by atoms with Crippen molar-refractivity contribution in [2.24, 2.45) is 0 Å². The van der Waals surface area contributed by atoms with Gasteiger partial charge in [0.2, 0.25) is 0 Å². The summed E-state index contributed by atoms with van der Waals surface area (Å²) in [4.78, 5) is 10.6. The lowest BCUT2D eigenvalue weighted by Gasteiger charge is -2.04. The van der Waals surface area contributed by atoms with Gasteiger partial charge in [-0.05, 0) is 26.3 Å². The lowest BCUT2D eigenvalue weighted by atomic mass is 10.3. The molecule has 0 radical (unpaired) electrons. The molecular weight excluding hydrogens is 154 g/mol. The second kappa shape index (κ2) is 6.85. The Balaban J connectivity index is 3.43. The van der Waals surface area contributed by atoms with E-state index in [1.54, 1.807) is 20.1 Å². The average Bonchev–Trinajstić information content (AvgIpc) is 1.97. The fourth-order valence-corrected chi connectivity index (χ4v) is 0.858. The number of nitrogens with one attached hydrogen (secondary N) is 1. The maximum atomic E-state index is 10.6. The van der Waals surface area contributed by atoms with Gasteiger partial charge >= 0.3 is 0 Å². The molecule has 12 heavy (non-hydrogen) atoms. The van der Waals surface area contributed by atoms with Crippen LogP contribution in [0, 0.1) is 0 Å². The normalized spacial score (nSPS) is 11.4. The fraction of sp³-hybridized carbons (Fsp3) is 0.667. The van der Waals surface area contributed by atoms with E-state index in [1.807, 2.05) is 6.92 Å². The van der Waals surface area contributed by atoms with Crippen molar-refractivity contribution in [3.05, 3.63) is 11.8 Å². The number of ether oxygens (including phenoxy) is 1. The van der Waals surface area contributed by atoms with Gasteiger partial charge in [-0.3, -0.25) is 4.79 Å². The molecule has 1 N–H and O–H groups in total. The molecule has 0 spiro atoms. The van der Waals surface area contributed by atoms with E-state index in [4.69, 9.17) is 4.74 Å². The van der Waals surface area contributed by atoms with Gasteiger partial charge in [0, 0.05) is 26.0 Å². The predicted molar refractivity (Wildman–Crippen MR) is 48.9 cm³/mol. The van der Waals surface area contributed by atoms with Gasteiger partial charge in [-0.25, -0.2) is 0 Å². The summed E-state index contributed by atoms with van der Waals surface area (Å²) >= 11 is 0. The summed E-state index contributed by atoms with van der Waals surface area (Å²) in [6.07, 6.45) is 2.55. The molecule has 0 rings (SSSR count). The molecule has 0 atom stereocenters. The van der Waals surface area contributed by atoms with E-state index < -0.39 is 0 Å². The minimum Gasteiger partial charge on any atom is -0.388 e. The summed E-state index contributed by atoms with van der Waals surface area (Å²) in [6.45, 7) is 5.03. The van der Waals surface area contributed by atoms with Crippen LogP contribution in [0.5, 0.6) is 0 Å². The maximum absolute atomic E-state index is 10.6. The fourth-order valence-electron chi connectivity index (χ4n) is 0.858. The van der Waals surface area contributed by atoms with Crippen LogP contribution in [0.1, 0.15) is 20.3 Å². The van der Waals surface area contributed by atoms with Crippen LogP contribution in [0.15, 0.2) is 11.8 Å². The second-order valence-corrected chi connectivity index (χ2v) is 2.71. The summed E-state index contributed by atoms with van der Waals surface area (Å²) in [7, 11) is 1.68. The van der Waals surface area contributed by atoms with Crippen molar-refractivity contribution < 1.29 is 9.53 Å². The molecule has 3 nitrogen and oxygen atoms in total. The molecule has 3 heteroatoms. The van der Waals surface area contributed by atoms with E-state index >= 15 is 0 Å². The lowest BCUT2D eigenvalue weighted by Crippen LogP contribution is -2.14. The Morgan fingerprint density at radius 2 is 2.17 bits per heavy atom. The molecule has 0 aliphatic rings. The maximum Gasteiger partial charge on any atom is 0.154 e. The van der Waals surface area contributed by atoms with E-state index in [0.29, 0.717) is 0 Å². The Bertz CT molecular complexity index is 164. The van der Waals surface area contributed by atoms with Gasteiger partial charge in [0.05, 0.1) is 0 Å². The van der Waals surface area contributed by atoms with Crippen LogP contribution in [0.3, 0.4) is 0 Å². The topological polar surface area (TPSA) is 38.3 Å². The van der Waals surface area contributed by atoms with Crippen molar-refractivity contribution in [2.45, 2.75) is 20.3 Å². The monoisotopic (exact) mass is 171 g/mol. The van der Waals surface area contributed by atoms with Crippen LogP contribution in [0.2, 0.25) is 0 Å².